The fourth-order valence-corrected chi connectivity index (χ4v) is 3.82. The van der Waals surface area contributed by atoms with Crippen molar-refractivity contribution in [2.45, 2.75) is 70.9 Å². The number of ether oxygens (including phenoxy) is 1. The van der Waals surface area contributed by atoms with Crippen LogP contribution in [0.5, 0.6) is 0 Å². The van der Waals surface area contributed by atoms with Crippen LogP contribution >= 0.6 is 0 Å². The fraction of sp³-hybridized carbons (Fsp3) is 0.737. The van der Waals surface area contributed by atoms with Gasteiger partial charge in [0.15, 0.2) is 0 Å². The van der Waals surface area contributed by atoms with E-state index in [-0.39, 0.29) is 12.1 Å². The maximum absolute atomic E-state index is 12.4. The Morgan fingerprint density at radius 2 is 1.92 bits per heavy atom. The van der Waals surface area contributed by atoms with Crippen LogP contribution in [0.25, 0.3) is 0 Å². The Labute approximate surface area is 155 Å². The number of anilines is 2. The van der Waals surface area contributed by atoms with Gasteiger partial charge in [-0.2, -0.15) is 4.98 Å². The number of amides is 1. The van der Waals surface area contributed by atoms with Crippen molar-refractivity contribution in [3.8, 4) is 0 Å². The number of hydrogen-bond acceptors (Lipinski definition) is 6. The maximum atomic E-state index is 12.4. The summed E-state index contributed by atoms with van der Waals surface area (Å²) < 4.78 is 5.52. The molecule has 0 radical (unpaired) electrons. The molecule has 26 heavy (non-hydrogen) atoms. The highest BCUT2D eigenvalue weighted by Crippen LogP contribution is 2.34. The van der Waals surface area contributed by atoms with Crippen LogP contribution < -0.4 is 10.6 Å². The second-order valence-electron chi connectivity index (χ2n) is 8.46. The third-order valence-corrected chi connectivity index (χ3v) is 5.10. The molecule has 1 aromatic heterocycles. The standard InChI is InChI=1S/C19H31N5O2/c1-13-12-23(9-10-24(13)18(25)26-19(2,3)4)16-11-15(21-17(20)22-16)14-7-5-6-8-14/h11,13-14H,5-10,12H2,1-4H3,(H2,20,21,22)/t13-/m1/s1. The van der Waals surface area contributed by atoms with E-state index in [0.29, 0.717) is 31.5 Å². The van der Waals surface area contributed by atoms with Crippen molar-refractivity contribution >= 4 is 17.9 Å². The van der Waals surface area contributed by atoms with E-state index in [1.165, 1.54) is 25.7 Å². The number of carbonyl (C=O) groups excluding carboxylic acids is 1. The molecule has 1 aliphatic carbocycles. The van der Waals surface area contributed by atoms with Gasteiger partial charge in [-0.1, -0.05) is 12.8 Å². The first-order valence-corrected chi connectivity index (χ1v) is 9.62. The first-order valence-electron chi connectivity index (χ1n) is 9.62. The van der Waals surface area contributed by atoms with Crippen molar-refractivity contribution in [1.29, 1.82) is 0 Å². The van der Waals surface area contributed by atoms with E-state index in [4.69, 9.17) is 10.5 Å². The van der Waals surface area contributed by atoms with Gasteiger partial charge in [-0.25, -0.2) is 9.78 Å². The molecular weight excluding hydrogens is 330 g/mol. The third kappa shape index (κ3) is 4.37. The summed E-state index contributed by atoms with van der Waals surface area (Å²) in [5.74, 6) is 1.71. The molecule has 0 bridgehead atoms. The Hall–Kier alpha value is -2.05. The molecule has 2 aliphatic rings. The van der Waals surface area contributed by atoms with E-state index in [0.717, 1.165) is 11.5 Å². The van der Waals surface area contributed by atoms with Crippen LogP contribution in [0.2, 0.25) is 0 Å². The smallest absolute Gasteiger partial charge is 0.410 e. The molecule has 144 valence electrons. The largest absolute Gasteiger partial charge is 0.444 e. The lowest BCUT2D eigenvalue weighted by Crippen LogP contribution is -2.55. The molecule has 7 nitrogen and oxygen atoms in total. The summed E-state index contributed by atoms with van der Waals surface area (Å²) in [6.07, 6.45) is 4.63. The summed E-state index contributed by atoms with van der Waals surface area (Å²) in [7, 11) is 0. The van der Waals surface area contributed by atoms with Gasteiger partial charge in [-0.15, -0.1) is 0 Å². The SMILES string of the molecule is C[C@@H]1CN(c2cc(C3CCCC3)nc(N)n2)CCN1C(=O)OC(C)(C)C. The zero-order chi connectivity index (χ0) is 18.9. The van der Waals surface area contributed by atoms with Crippen LogP contribution in [0, 0.1) is 0 Å². The lowest BCUT2D eigenvalue weighted by molar-refractivity contribution is 0.0158. The highest BCUT2D eigenvalue weighted by atomic mass is 16.6. The molecular formula is C19H31N5O2. The highest BCUT2D eigenvalue weighted by molar-refractivity contribution is 5.69. The summed E-state index contributed by atoms with van der Waals surface area (Å²) in [5, 5.41) is 0. The number of rotatable bonds is 2. The van der Waals surface area contributed by atoms with Crippen LogP contribution in [0.3, 0.4) is 0 Å². The number of aromatic nitrogens is 2. The number of hydrogen-bond donors (Lipinski definition) is 1. The quantitative estimate of drug-likeness (QED) is 0.871. The molecule has 0 aromatic carbocycles. The molecule has 2 N–H and O–H groups in total. The molecule has 0 unspecified atom stereocenters. The van der Waals surface area contributed by atoms with E-state index < -0.39 is 5.60 Å². The van der Waals surface area contributed by atoms with Gasteiger partial charge in [0, 0.05) is 37.7 Å². The lowest BCUT2D eigenvalue weighted by Gasteiger charge is -2.40. The van der Waals surface area contributed by atoms with Gasteiger partial charge in [0.05, 0.1) is 5.69 Å². The minimum atomic E-state index is -0.481. The monoisotopic (exact) mass is 361 g/mol. The summed E-state index contributed by atoms with van der Waals surface area (Å²) in [6, 6.07) is 2.13. The molecule has 1 saturated heterocycles. The average Bonchev–Trinajstić information content (AvgIpc) is 3.07. The van der Waals surface area contributed by atoms with Gasteiger partial charge in [0.1, 0.15) is 11.4 Å². The first kappa shape index (κ1) is 18.7. The van der Waals surface area contributed by atoms with E-state index in [2.05, 4.69) is 20.9 Å². The third-order valence-electron chi connectivity index (χ3n) is 5.10. The summed E-state index contributed by atoms with van der Waals surface area (Å²) in [5.41, 5.74) is 6.56. The van der Waals surface area contributed by atoms with E-state index in [1.54, 1.807) is 4.90 Å². The molecule has 2 fully saturated rings. The zero-order valence-corrected chi connectivity index (χ0v) is 16.4. The number of carbonyl (C=O) groups is 1. The summed E-state index contributed by atoms with van der Waals surface area (Å²) in [6.45, 7) is 9.74. The minimum Gasteiger partial charge on any atom is -0.444 e. The normalized spacial score (nSPS) is 21.9. The van der Waals surface area contributed by atoms with Gasteiger partial charge in [-0.3, -0.25) is 0 Å². The highest BCUT2D eigenvalue weighted by Gasteiger charge is 2.32. The Morgan fingerprint density at radius 1 is 1.23 bits per heavy atom. The van der Waals surface area contributed by atoms with Gasteiger partial charge in [0.2, 0.25) is 5.95 Å². The molecule has 3 rings (SSSR count). The van der Waals surface area contributed by atoms with E-state index in [1.807, 2.05) is 27.7 Å². The second kappa shape index (κ2) is 7.29. The molecule has 1 atom stereocenters. The lowest BCUT2D eigenvalue weighted by atomic mass is 10.0. The van der Waals surface area contributed by atoms with Crippen LogP contribution in [0.4, 0.5) is 16.6 Å². The van der Waals surface area contributed by atoms with Crippen molar-refractivity contribution in [2.24, 2.45) is 0 Å². The van der Waals surface area contributed by atoms with Crippen LogP contribution in [0.1, 0.15) is 65.0 Å². The summed E-state index contributed by atoms with van der Waals surface area (Å²) in [4.78, 5) is 25.3. The van der Waals surface area contributed by atoms with Crippen molar-refractivity contribution < 1.29 is 9.53 Å². The van der Waals surface area contributed by atoms with Gasteiger partial charge >= 0.3 is 6.09 Å². The molecule has 1 aromatic rings. The number of nitrogens with two attached hydrogens (primary N) is 1. The van der Waals surface area contributed by atoms with Crippen molar-refractivity contribution in [1.82, 2.24) is 14.9 Å². The number of piperazine rings is 1. The van der Waals surface area contributed by atoms with Crippen molar-refractivity contribution in [3.63, 3.8) is 0 Å². The second-order valence-corrected chi connectivity index (χ2v) is 8.46. The fourth-order valence-electron chi connectivity index (χ4n) is 3.82. The maximum Gasteiger partial charge on any atom is 0.410 e. The van der Waals surface area contributed by atoms with E-state index in [9.17, 15) is 4.79 Å². The topological polar surface area (TPSA) is 84.6 Å². The predicted molar refractivity (Wildman–Crippen MR) is 102 cm³/mol. The van der Waals surface area contributed by atoms with Crippen LogP contribution in [0.15, 0.2) is 6.07 Å². The van der Waals surface area contributed by atoms with Crippen molar-refractivity contribution in [2.75, 3.05) is 30.3 Å². The number of nitrogens with zero attached hydrogens (tertiary/aromatic N) is 4. The molecule has 7 heteroatoms. The minimum absolute atomic E-state index is 0.0460. The van der Waals surface area contributed by atoms with Gasteiger partial charge in [-0.05, 0) is 40.5 Å². The Bertz CT molecular complexity index is 652. The molecule has 2 heterocycles. The Kier molecular flexibility index (Phi) is 5.25. The number of nitrogen functional groups attached to an aromatic ring is 1. The van der Waals surface area contributed by atoms with Crippen LogP contribution in [-0.2, 0) is 4.74 Å². The Morgan fingerprint density at radius 3 is 2.54 bits per heavy atom. The predicted octanol–water partition coefficient (Wildman–Crippen LogP) is 3.16. The summed E-state index contributed by atoms with van der Waals surface area (Å²) >= 11 is 0. The van der Waals surface area contributed by atoms with Crippen LogP contribution in [-0.4, -0.2) is 52.2 Å². The molecule has 1 amide bonds. The van der Waals surface area contributed by atoms with Gasteiger partial charge < -0.3 is 20.3 Å². The Balaban J connectivity index is 1.69. The molecule has 0 spiro atoms. The zero-order valence-electron chi connectivity index (χ0n) is 16.4. The van der Waals surface area contributed by atoms with Gasteiger partial charge in [0.25, 0.3) is 0 Å². The van der Waals surface area contributed by atoms with E-state index >= 15 is 0 Å². The van der Waals surface area contributed by atoms with Crippen molar-refractivity contribution in [3.05, 3.63) is 11.8 Å². The molecule has 1 saturated carbocycles. The molecule has 1 aliphatic heterocycles. The first-order chi connectivity index (χ1) is 12.2. The average molecular weight is 361 g/mol.